The van der Waals surface area contributed by atoms with Crippen molar-refractivity contribution in [2.75, 3.05) is 0 Å². The zero-order valence-electron chi connectivity index (χ0n) is 15.8. The van der Waals surface area contributed by atoms with Crippen LogP contribution in [0.5, 0.6) is 0 Å². The van der Waals surface area contributed by atoms with Crippen molar-refractivity contribution in [2.45, 2.75) is 25.4 Å². The fourth-order valence-corrected chi connectivity index (χ4v) is 3.65. The molecule has 4 aromatic rings. The molecular weight excluding hydrogens is 382 g/mol. The number of pyridine rings is 1. The van der Waals surface area contributed by atoms with Crippen molar-refractivity contribution >= 4 is 22.5 Å². The van der Waals surface area contributed by atoms with Gasteiger partial charge in [-0.05, 0) is 48.7 Å². The lowest BCUT2D eigenvalue weighted by Gasteiger charge is -2.13. The van der Waals surface area contributed by atoms with E-state index < -0.39 is 0 Å². The lowest BCUT2D eigenvalue weighted by molar-refractivity contribution is 0.487. The van der Waals surface area contributed by atoms with Gasteiger partial charge in [0.05, 0.1) is 28.3 Å². The Labute approximate surface area is 174 Å². The zero-order chi connectivity index (χ0) is 20.2. The molecule has 0 aliphatic heterocycles. The molecule has 4 rings (SSSR count). The molecular formula is C23H20ClN5. The summed E-state index contributed by atoms with van der Waals surface area (Å²) in [5.41, 5.74) is 10.8. The first-order valence-corrected chi connectivity index (χ1v) is 9.83. The highest BCUT2D eigenvalue weighted by Crippen LogP contribution is 2.24. The summed E-state index contributed by atoms with van der Waals surface area (Å²) in [5.74, 6) is 0. The molecule has 0 saturated heterocycles. The maximum absolute atomic E-state index is 9.00. The third-order valence-corrected chi connectivity index (χ3v) is 5.28. The molecule has 144 valence electrons. The van der Waals surface area contributed by atoms with Crippen molar-refractivity contribution in [3.63, 3.8) is 0 Å². The first-order chi connectivity index (χ1) is 14.1. The predicted molar refractivity (Wildman–Crippen MR) is 115 cm³/mol. The van der Waals surface area contributed by atoms with E-state index in [0.29, 0.717) is 17.1 Å². The Hall–Kier alpha value is -3.20. The van der Waals surface area contributed by atoms with E-state index in [1.807, 2.05) is 47.4 Å². The van der Waals surface area contributed by atoms with Gasteiger partial charge in [-0.15, -0.1) is 0 Å². The Morgan fingerprint density at radius 3 is 2.83 bits per heavy atom. The minimum Gasteiger partial charge on any atom is -0.326 e. The van der Waals surface area contributed by atoms with Crippen LogP contribution in [0.2, 0.25) is 5.02 Å². The number of nitrogens with two attached hydrogens (primary N) is 1. The predicted octanol–water partition coefficient (Wildman–Crippen LogP) is 4.58. The lowest BCUT2D eigenvalue weighted by Crippen LogP contribution is -2.27. The Morgan fingerprint density at radius 1 is 1.14 bits per heavy atom. The average Bonchev–Trinajstić information content (AvgIpc) is 3.20. The number of hydrogen-bond donors (Lipinski definition) is 1. The van der Waals surface area contributed by atoms with Gasteiger partial charge < -0.3 is 5.73 Å². The highest BCUT2D eigenvalue weighted by molar-refractivity contribution is 6.32. The van der Waals surface area contributed by atoms with Gasteiger partial charge in [-0.1, -0.05) is 35.9 Å². The molecule has 2 heterocycles. The molecule has 0 spiro atoms. The molecule has 2 N–H and O–H groups in total. The fourth-order valence-electron chi connectivity index (χ4n) is 3.43. The Kier molecular flexibility index (Phi) is 5.57. The normalized spacial score (nSPS) is 12.0. The van der Waals surface area contributed by atoms with Crippen LogP contribution in [0.1, 0.15) is 17.5 Å². The highest BCUT2D eigenvalue weighted by Gasteiger charge is 2.10. The van der Waals surface area contributed by atoms with Crippen LogP contribution < -0.4 is 5.73 Å². The maximum atomic E-state index is 9.00. The number of fused-ring (bicyclic) bond motifs is 1. The molecule has 0 fully saturated rings. The number of rotatable bonds is 6. The SMILES string of the molecule is N#Cc1ccc(-c2ccn(C[C@H](N)CCc3ccnc4ccccc34)n2)cc1Cl. The Balaban J connectivity index is 1.41. The summed E-state index contributed by atoms with van der Waals surface area (Å²) in [7, 11) is 0. The van der Waals surface area contributed by atoms with E-state index >= 15 is 0 Å². The lowest BCUT2D eigenvalue weighted by atomic mass is 10.0. The van der Waals surface area contributed by atoms with E-state index in [2.05, 4.69) is 28.3 Å². The second-order valence-corrected chi connectivity index (χ2v) is 7.42. The monoisotopic (exact) mass is 401 g/mol. The zero-order valence-corrected chi connectivity index (χ0v) is 16.5. The number of halogens is 1. The topological polar surface area (TPSA) is 80.5 Å². The third-order valence-electron chi connectivity index (χ3n) is 4.97. The van der Waals surface area contributed by atoms with Crippen LogP contribution in [0.15, 0.2) is 67.0 Å². The van der Waals surface area contributed by atoms with Gasteiger partial charge in [0, 0.05) is 29.4 Å². The summed E-state index contributed by atoms with van der Waals surface area (Å²) in [6.07, 6.45) is 5.52. The first kappa shape index (κ1) is 19.1. The fraction of sp³-hybridized carbons (Fsp3) is 0.174. The number of hydrogen-bond acceptors (Lipinski definition) is 4. The summed E-state index contributed by atoms with van der Waals surface area (Å²) >= 11 is 6.13. The van der Waals surface area contributed by atoms with E-state index in [0.717, 1.165) is 29.6 Å². The van der Waals surface area contributed by atoms with Crippen molar-refractivity contribution < 1.29 is 0 Å². The molecule has 0 aliphatic carbocycles. The molecule has 6 heteroatoms. The van der Waals surface area contributed by atoms with Gasteiger partial charge >= 0.3 is 0 Å². The second-order valence-electron chi connectivity index (χ2n) is 7.02. The Bertz CT molecular complexity index is 1190. The van der Waals surface area contributed by atoms with Crippen molar-refractivity contribution in [2.24, 2.45) is 5.73 Å². The summed E-state index contributed by atoms with van der Waals surface area (Å²) in [6.45, 7) is 0.632. The van der Waals surface area contributed by atoms with Crippen molar-refractivity contribution in [3.05, 3.63) is 83.1 Å². The standard InChI is InChI=1S/C23H20ClN5/c24-21-13-17(5-6-18(21)14-25)22-10-12-29(28-22)15-19(26)8-7-16-9-11-27-23-4-2-1-3-20(16)23/h1-6,9-13,19H,7-8,15,26H2/t19-/m1/s1. The van der Waals surface area contributed by atoms with Gasteiger partial charge in [0.25, 0.3) is 0 Å². The highest BCUT2D eigenvalue weighted by atomic mass is 35.5. The van der Waals surface area contributed by atoms with Crippen LogP contribution in [0.3, 0.4) is 0 Å². The summed E-state index contributed by atoms with van der Waals surface area (Å²) < 4.78 is 1.86. The van der Waals surface area contributed by atoms with Gasteiger partial charge in [0.2, 0.25) is 0 Å². The van der Waals surface area contributed by atoms with Gasteiger partial charge in [0.1, 0.15) is 6.07 Å². The molecule has 1 atom stereocenters. The van der Waals surface area contributed by atoms with Crippen molar-refractivity contribution in [1.82, 2.24) is 14.8 Å². The molecule has 0 amide bonds. The number of aryl methyl sites for hydroxylation is 1. The summed E-state index contributed by atoms with van der Waals surface area (Å²) in [5, 5.41) is 15.2. The van der Waals surface area contributed by atoms with Crippen molar-refractivity contribution in [1.29, 1.82) is 5.26 Å². The van der Waals surface area contributed by atoms with Crippen LogP contribution in [0, 0.1) is 11.3 Å². The molecule has 0 aliphatic rings. The molecule has 2 aromatic carbocycles. The number of benzene rings is 2. The second kappa shape index (κ2) is 8.44. The van der Waals surface area contributed by atoms with E-state index in [1.165, 1.54) is 10.9 Å². The van der Waals surface area contributed by atoms with Gasteiger partial charge in [-0.2, -0.15) is 10.4 Å². The number of aromatic nitrogens is 3. The van der Waals surface area contributed by atoms with Gasteiger partial charge in [-0.3, -0.25) is 9.67 Å². The first-order valence-electron chi connectivity index (χ1n) is 9.46. The minimum absolute atomic E-state index is 0.0146. The number of nitriles is 1. The van der Waals surface area contributed by atoms with E-state index in [1.54, 1.807) is 12.1 Å². The molecule has 0 bridgehead atoms. The number of nitrogens with zero attached hydrogens (tertiary/aromatic N) is 4. The largest absolute Gasteiger partial charge is 0.326 e. The number of para-hydroxylation sites is 1. The van der Waals surface area contributed by atoms with Crippen LogP contribution in [-0.4, -0.2) is 20.8 Å². The van der Waals surface area contributed by atoms with E-state index in [-0.39, 0.29) is 6.04 Å². The molecule has 2 aromatic heterocycles. The van der Waals surface area contributed by atoms with Gasteiger partial charge in [0.15, 0.2) is 0 Å². The van der Waals surface area contributed by atoms with Crippen molar-refractivity contribution in [3.8, 4) is 17.3 Å². The average molecular weight is 402 g/mol. The molecule has 0 radical (unpaired) electrons. The minimum atomic E-state index is -0.0146. The Morgan fingerprint density at radius 2 is 2.00 bits per heavy atom. The molecule has 5 nitrogen and oxygen atoms in total. The molecule has 0 saturated carbocycles. The third kappa shape index (κ3) is 4.29. The summed E-state index contributed by atoms with van der Waals surface area (Å²) in [6, 6.07) is 19.5. The van der Waals surface area contributed by atoms with E-state index in [4.69, 9.17) is 22.6 Å². The smallest absolute Gasteiger partial charge is 0.101 e. The molecule has 0 unspecified atom stereocenters. The van der Waals surface area contributed by atoms with Gasteiger partial charge in [-0.25, -0.2) is 0 Å². The van der Waals surface area contributed by atoms with E-state index in [9.17, 15) is 0 Å². The molecule has 29 heavy (non-hydrogen) atoms. The maximum Gasteiger partial charge on any atom is 0.101 e. The van der Waals surface area contributed by atoms with Crippen LogP contribution in [0.4, 0.5) is 0 Å². The van der Waals surface area contributed by atoms with Crippen LogP contribution in [-0.2, 0) is 13.0 Å². The summed E-state index contributed by atoms with van der Waals surface area (Å²) in [4.78, 5) is 4.41. The van der Waals surface area contributed by atoms with Crippen LogP contribution >= 0.6 is 11.6 Å². The quantitative estimate of drug-likeness (QED) is 0.512. The van der Waals surface area contributed by atoms with Crippen LogP contribution in [0.25, 0.3) is 22.2 Å².